The van der Waals surface area contributed by atoms with Gasteiger partial charge in [-0.15, -0.1) is 0 Å². The van der Waals surface area contributed by atoms with Gasteiger partial charge in [0.15, 0.2) is 0 Å². The quantitative estimate of drug-likeness (QED) is 0.317. The Labute approximate surface area is 192 Å². The van der Waals surface area contributed by atoms with Crippen molar-refractivity contribution in [3.05, 3.63) is 47.5 Å². The Morgan fingerprint density at radius 1 is 1.00 bits per heavy atom. The minimum Gasteiger partial charge on any atom is -0.459 e. The molecule has 2 amide bonds. The number of halogens is 6. The number of allylic oxidation sites excluding steroid dienone is 1. The number of amides is 2. The summed E-state index contributed by atoms with van der Waals surface area (Å²) >= 11 is 0. The van der Waals surface area contributed by atoms with Crippen molar-refractivity contribution in [2.24, 2.45) is 5.92 Å². The van der Waals surface area contributed by atoms with E-state index in [0.717, 1.165) is 7.05 Å². The molecule has 6 nitrogen and oxygen atoms in total. The van der Waals surface area contributed by atoms with Gasteiger partial charge in [-0.05, 0) is 24.8 Å². The van der Waals surface area contributed by atoms with Gasteiger partial charge < -0.3 is 15.0 Å². The summed E-state index contributed by atoms with van der Waals surface area (Å²) in [6.07, 6.45) is -12.3. The van der Waals surface area contributed by atoms with Crippen molar-refractivity contribution in [2.45, 2.75) is 58.2 Å². The topological polar surface area (TPSA) is 75.7 Å². The molecule has 0 heterocycles. The van der Waals surface area contributed by atoms with Gasteiger partial charge >= 0.3 is 18.3 Å². The summed E-state index contributed by atoms with van der Waals surface area (Å²) in [5.74, 6) is -3.67. The third-order valence-electron chi connectivity index (χ3n) is 4.63. The molecule has 0 aliphatic heterocycles. The Morgan fingerprint density at radius 2 is 1.53 bits per heavy atom. The number of nitrogens with zero attached hydrogens (tertiary/aromatic N) is 1. The van der Waals surface area contributed by atoms with Crippen LogP contribution in [0.4, 0.5) is 26.3 Å². The third-order valence-corrected chi connectivity index (χ3v) is 4.63. The SMILES string of the molecule is CC(C)C[C@@H](C(=O)N[C@@H](C)C(=O)OCc1ccccc1)N(C)C(=O)C=C(C(F)(F)F)C(F)(F)F. The number of carbonyl (C=O) groups is 3. The van der Waals surface area contributed by atoms with E-state index in [0.29, 0.717) is 10.5 Å². The van der Waals surface area contributed by atoms with E-state index in [1.54, 1.807) is 44.2 Å². The second-order valence-electron chi connectivity index (χ2n) is 7.97. The monoisotopic (exact) mass is 496 g/mol. The molecule has 0 spiro atoms. The van der Waals surface area contributed by atoms with E-state index < -0.39 is 53.9 Å². The van der Waals surface area contributed by atoms with Gasteiger partial charge in [-0.1, -0.05) is 44.2 Å². The predicted molar refractivity (Wildman–Crippen MR) is 110 cm³/mol. The molecule has 0 fully saturated rings. The molecule has 0 bridgehead atoms. The number of hydrogen-bond donors (Lipinski definition) is 1. The van der Waals surface area contributed by atoms with Crippen LogP contribution in [0.15, 0.2) is 42.0 Å². The van der Waals surface area contributed by atoms with Crippen LogP contribution in [-0.4, -0.2) is 54.2 Å². The van der Waals surface area contributed by atoms with Crippen LogP contribution >= 0.6 is 0 Å². The van der Waals surface area contributed by atoms with Crippen LogP contribution in [-0.2, 0) is 25.7 Å². The lowest BCUT2D eigenvalue weighted by Gasteiger charge is -2.29. The molecule has 0 aliphatic rings. The molecular formula is C22H26F6N2O4. The number of rotatable bonds is 9. The summed E-state index contributed by atoms with van der Waals surface area (Å²) in [4.78, 5) is 37.6. The van der Waals surface area contributed by atoms with E-state index in [2.05, 4.69) is 5.32 Å². The first-order valence-electron chi connectivity index (χ1n) is 10.2. The zero-order valence-electron chi connectivity index (χ0n) is 19.0. The summed E-state index contributed by atoms with van der Waals surface area (Å²) in [6, 6.07) is 6.02. The lowest BCUT2D eigenvalue weighted by molar-refractivity contribution is -0.173. The zero-order valence-corrected chi connectivity index (χ0v) is 19.0. The number of carbonyl (C=O) groups excluding carboxylic acids is 3. The van der Waals surface area contributed by atoms with Crippen molar-refractivity contribution < 1.29 is 45.5 Å². The maximum Gasteiger partial charge on any atom is 0.421 e. The number of benzene rings is 1. The minimum atomic E-state index is -5.82. The van der Waals surface area contributed by atoms with Gasteiger partial charge in [-0.3, -0.25) is 9.59 Å². The van der Waals surface area contributed by atoms with Crippen molar-refractivity contribution in [1.82, 2.24) is 10.2 Å². The first-order chi connectivity index (χ1) is 15.5. The van der Waals surface area contributed by atoms with Gasteiger partial charge in [0.25, 0.3) is 0 Å². The minimum absolute atomic E-state index is 0.0733. The summed E-state index contributed by atoms with van der Waals surface area (Å²) in [7, 11) is 0.911. The van der Waals surface area contributed by atoms with Crippen molar-refractivity contribution in [1.29, 1.82) is 0 Å². The first-order valence-corrected chi connectivity index (χ1v) is 10.2. The van der Waals surface area contributed by atoms with Crippen LogP contribution < -0.4 is 5.32 Å². The highest BCUT2D eigenvalue weighted by atomic mass is 19.4. The number of hydrogen-bond acceptors (Lipinski definition) is 4. The van der Waals surface area contributed by atoms with Crippen LogP contribution in [0.25, 0.3) is 0 Å². The Bertz CT molecular complexity index is 866. The summed E-state index contributed by atoms with van der Waals surface area (Å²) in [6.45, 7) is 4.51. The molecular weight excluding hydrogens is 470 g/mol. The maximum atomic E-state index is 12.8. The predicted octanol–water partition coefficient (Wildman–Crippen LogP) is 4.16. The fourth-order valence-electron chi connectivity index (χ4n) is 2.81. The lowest BCUT2D eigenvalue weighted by Crippen LogP contribution is -2.52. The third kappa shape index (κ3) is 9.06. The highest BCUT2D eigenvalue weighted by Gasteiger charge is 2.51. The van der Waals surface area contributed by atoms with Gasteiger partial charge in [0.2, 0.25) is 11.8 Å². The fourth-order valence-corrected chi connectivity index (χ4v) is 2.81. The Morgan fingerprint density at radius 3 is 2.00 bits per heavy atom. The van der Waals surface area contributed by atoms with Crippen molar-refractivity contribution in [2.75, 3.05) is 7.05 Å². The average molecular weight is 496 g/mol. The Balaban J connectivity index is 2.97. The second-order valence-corrected chi connectivity index (χ2v) is 7.97. The Kier molecular flexibility index (Phi) is 10.1. The van der Waals surface area contributed by atoms with E-state index in [-0.39, 0.29) is 18.9 Å². The number of likely N-dealkylation sites (N-methyl/N-ethyl adjacent to an activating group) is 1. The summed E-state index contributed by atoms with van der Waals surface area (Å²) < 4.78 is 81.7. The normalized spacial score (nSPS) is 13.6. The molecule has 0 radical (unpaired) electrons. The summed E-state index contributed by atoms with van der Waals surface area (Å²) in [5.41, 5.74) is -2.30. The van der Waals surface area contributed by atoms with E-state index in [1.165, 1.54) is 6.92 Å². The molecule has 0 saturated carbocycles. The highest BCUT2D eigenvalue weighted by molar-refractivity contribution is 5.94. The van der Waals surface area contributed by atoms with E-state index in [9.17, 15) is 40.7 Å². The molecule has 1 N–H and O–H groups in total. The number of alkyl halides is 6. The van der Waals surface area contributed by atoms with Crippen LogP contribution in [0.3, 0.4) is 0 Å². The molecule has 1 aromatic rings. The summed E-state index contributed by atoms with van der Waals surface area (Å²) in [5, 5.41) is 2.30. The zero-order chi connectivity index (χ0) is 26.3. The highest BCUT2D eigenvalue weighted by Crippen LogP contribution is 2.38. The van der Waals surface area contributed by atoms with Crippen molar-refractivity contribution in [3.8, 4) is 0 Å². The van der Waals surface area contributed by atoms with Crippen molar-refractivity contribution >= 4 is 17.8 Å². The standard InChI is InChI=1S/C22H26F6N2O4/c1-13(2)10-16(30(4)18(31)11-17(21(23,24)25)22(26,27)28)19(32)29-14(3)20(33)34-12-15-8-6-5-7-9-15/h5-9,11,13-14,16H,10,12H2,1-4H3,(H,29,32)/t14-,16-/m0/s1. The smallest absolute Gasteiger partial charge is 0.421 e. The largest absolute Gasteiger partial charge is 0.459 e. The molecule has 1 aromatic carbocycles. The maximum absolute atomic E-state index is 12.8. The molecule has 12 heteroatoms. The van der Waals surface area contributed by atoms with E-state index in [4.69, 9.17) is 4.74 Å². The van der Waals surface area contributed by atoms with Crippen molar-refractivity contribution in [3.63, 3.8) is 0 Å². The lowest BCUT2D eigenvalue weighted by atomic mass is 10.0. The van der Waals surface area contributed by atoms with Gasteiger partial charge in [0.05, 0.1) is 0 Å². The number of ether oxygens (including phenoxy) is 1. The van der Waals surface area contributed by atoms with Crippen LogP contribution in [0, 0.1) is 5.92 Å². The van der Waals surface area contributed by atoms with E-state index in [1.807, 2.05) is 0 Å². The molecule has 190 valence electrons. The number of nitrogens with one attached hydrogen (secondary N) is 1. The molecule has 0 unspecified atom stereocenters. The van der Waals surface area contributed by atoms with Crippen LogP contribution in [0.5, 0.6) is 0 Å². The van der Waals surface area contributed by atoms with Crippen LogP contribution in [0.2, 0.25) is 0 Å². The van der Waals surface area contributed by atoms with E-state index >= 15 is 0 Å². The van der Waals surface area contributed by atoms with Gasteiger partial charge in [0, 0.05) is 13.1 Å². The van der Waals surface area contributed by atoms with Gasteiger partial charge in [-0.2, -0.15) is 26.3 Å². The Hall–Kier alpha value is -3.05. The fraction of sp³-hybridized carbons (Fsp3) is 0.500. The first kappa shape index (κ1) is 29.0. The molecule has 34 heavy (non-hydrogen) atoms. The average Bonchev–Trinajstić information content (AvgIpc) is 2.72. The number of esters is 1. The molecule has 2 atom stereocenters. The molecule has 0 aliphatic carbocycles. The molecule has 1 rings (SSSR count). The van der Waals surface area contributed by atoms with Crippen LogP contribution in [0.1, 0.15) is 32.8 Å². The molecule has 0 saturated heterocycles. The molecule has 0 aromatic heterocycles. The van der Waals surface area contributed by atoms with Gasteiger partial charge in [0.1, 0.15) is 24.3 Å². The van der Waals surface area contributed by atoms with Gasteiger partial charge in [-0.25, -0.2) is 4.79 Å². The second kappa shape index (κ2) is 11.9.